The molecule has 110 valence electrons. The van der Waals surface area contributed by atoms with Crippen LogP contribution in [0.2, 0.25) is 0 Å². The third-order valence-corrected chi connectivity index (χ3v) is 4.43. The van der Waals surface area contributed by atoms with Crippen molar-refractivity contribution in [2.24, 2.45) is 0 Å². The highest BCUT2D eigenvalue weighted by atomic mass is 32.2. The van der Waals surface area contributed by atoms with Crippen molar-refractivity contribution in [3.8, 4) is 5.75 Å². The molecule has 2 aromatic rings. The van der Waals surface area contributed by atoms with E-state index in [2.05, 4.69) is 0 Å². The van der Waals surface area contributed by atoms with Gasteiger partial charge >= 0.3 is 0 Å². The maximum absolute atomic E-state index is 12.0. The van der Waals surface area contributed by atoms with Crippen LogP contribution in [-0.4, -0.2) is 21.3 Å². The summed E-state index contributed by atoms with van der Waals surface area (Å²) in [6, 6.07) is 16.9. The van der Waals surface area contributed by atoms with Gasteiger partial charge in [-0.2, -0.15) is 0 Å². The summed E-state index contributed by atoms with van der Waals surface area (Å²) in [5.74, 6) is 0.864. The molecule has 21 heavy (non-hydrogen) atoms. The van der Waals surface area contributed by atoms with E-state index >= 15 is 0 Å². The number of benzene rings is 2. The minimum absolute atomic E-state index is 0.115. The van der Waals surface area contributed by atoms with Crippen molar-refractivity contribution in [3.63, 3.8) is 0 Å². The highest BCUT2D eigenvalue weighted by molar-refractivity contribution is 7.94. The van der Waals surface area contributed by atoms with Gasteiger partial charge in [0.1, 0.15) is 5.75 Å². The normalized spacial score (nSPS) is 11.7. The van der Waals surface area contributed by atoms with Crippen LogP contribution in [0.5, 0.6) is 5.75 Å². The SMILES string of the molecule is COc1ccc(/C=C/S(=O)(=O)CCc2ccccc2)cc1. The van der Waals surface area contributed by atoms with E-state index in [4.69, 9.17) is 4.74 Å². The Balaban J connectivity index is 1.97. The van der Waals surface area contributed by atoms with Crippen LogP contribution in [0.15, 0.2) is 60.0 Å². The molecule has 0 aliphatic heterocycles. The third kappa shape index (κ3) is 5.08. The molecule has 0 aromatic heterocycles. The number of hydrogen-bond acceptors (Lipinski definition) is 3. The molecular weight excluding hydrogens is 284 g/mol. The summed E-state index contributed by atoms with van der Waals surface area (Å²) in [6.07, 6.45) is 2.13. The van der Waals surface area contributed by atoms with Gasteiger partial charge < -0.3 is 4.74 Å². The molecule has 0 aliphatic carbocycles. The molecule has 0 saturated carbocycles. The maximum atomic E-state index is 12.0. The molecule has 0 N–H and O–H groups in total. The Kier molecular flexibility index (Phi) is 5.17. The second-order valence-electron chi connectivity index (χ2n) is 4.68. The van der Waals surface area contributed by atoms with Crippen LogP contribution in [0, 0.1) is 0 Å². The quantitative estimate of drug-likeness (QED) is 0.822. The van der Waals surface area contributed by atoms with E-state index in [0.29, 0.717) is 6.42 Å². The van der Waals surface area contributed by atoms with Gasteiger partial charge in [-0.15, -0.1) is 0 Å². The van der Waals surface area contributed by atoms with Crippen molar-refractivity contribution in [3.05, 3.63) is 71.1 Å². The van der Waals surface area contributed by atoms with Crippen LogP contribution < -0.4 is 4.74 Å². The topological polar surface area (TPSA) is 43.4 Å². The summed E-state index contributed by atoms with van der Waals surface area (Å²) in [5, 5.41) is 1.28. The van der Waals surface area contributed by atoms with Gasteiger partial charge in [0.05, 0.1) is 12.9 Å². The fourth-order valence-corrected chi connectivity index (χ4v) is 2.89. The van der Waals surface area contributed by atoms with Gasteiger partial charge in [0.25, 0.3) is 0 Å². The first-order chi connectivity index (χ1) is 10.1. The first-order valence-corrected chi connectivity index (χ1v) is 8.39. The van der Waals surface area contributed by atoms with Crippen LogP contribution >= 0.6 is 0 Å². The van der Waals surface area contributed by atoms with Crippen LogP contribution in [0.1, 0.15) is 11.1 Å². The molecule has 0 heterocycles. The van der Waals surface area contributed by atoms with E-state index in [1.165, 1.54) is 5.41 Å². The van der Waals surface area contributed by atoms with Crippen molar-refractivity contribution in [2.45, 2.75) is 6.42 Å². The number of ether oxygens (including phenoxy) is 1. The molecule has 0 spiro atoms. The Morgan fingerprint density at radius 2 is 1.67 bits per heavy atom. The molecular formula is C17H18O3S. The molecule has 0 aliphatic rings. The average molecular weight is 302 g/mol. The predicted molar refractivity (Wildman–Crippen MR) is 86.0 cm³/mol. The summed E-state index contributed by atoms with van der Waals surface area (Å²) >= 11 is 0. The lowest BCUT2D eigenvalue weighted by molar-refractivity contribution is 0.415. The Morgan fingerprint density at radius 1 is 1.00 bits per heavy atom. The Labute approximate surface area is 125 Å². The second-order valence-corrected chi connectivity index (χ2v) is 6.68. The van der Waals surface area contributed by atoms with E-state index in [1.807, 2.05) is 42.5 Å². The van der Waals surface area contributed by atoms with E-state index in [-0.39, 0.29) is 5.75 Å². The van der Waals surface area contributed by atoms with Gasteiger partial charge in [0, 0.05) is 5.41 Å². The van der Waals surface area contributed by atoms with Crippen LogP contribution in [0.25, 0.3) is 6.08 Å². The first-order valence-electron chi connectivity index (χ1n) is 6.68. The number of methoxy groups -OCH3 is 1. The number of sulfone groups is 1. The lowest BCUT2D eigenvalue weighted by atomic mass is 10.2. The second kappa shape index (κ2) is 7.09. The number of hydrogen-bond donors (Lipinski definition) is 0. The summed E-state index contributed by atoms with van der Waals surface area (Å²) < 4.78 is 29.0. The molecule has 3 nitrogen and oxygen atoms in total. The minimum atomic E-state index is -3.21. The predicted octanol–water partition coefficient (Wildman–Crippen LogP) is 3.32. The Hall–Kier alpha value is -2.07. The molecule has 0 bridgehead atoms. The lowest BCUT2D eigenvalue weighted by Gasteiger charge is -2.01. The Bertz CT molecular complexity index is 687. The summed E-state index contributed by atoms with van der Waals surface area (Å²) in [7, 11) is -1.61. The zero-order valence-electron chi connectivity index (χ0n) is 11.9. The van der Waals surface area contributed by atoms with Crippen molar-refractivity contribution in [2.75, 3.05) is 12.9 Å². The minimum Gasteiger partial charge on any atom is -0.497 e. The van der Waals surface area contributed by atoms with Gasteiger partial charge in [0.2, 0.25) is 0 Å². The van der Waals surface area contributed by atoms with Gasteiger partial charge in [-0.05, 0) is 35.8 Å². The Morgan fingerprint density at radius 3 is 2.29 bits per heavy atom. The molecule has 2 aromatic carbocycles. The molecule has 2 rings (SSSR count). The zero-order chi connectivity index (χ0) is 15.1. The summed E-state index contributed by atoms with van der Waals surface area (Å²) in [6.45, 7) is 0. The monoisotopic (exact) mass is 302 g/mol. The average Bonchev–Trinajstić information content (AvgIpc) is 2.53. The third-order valence-electron chi connectivity index (χ3n) is 3.10. The molecule has 4 heteroatoms. The van der Waals surface area contributed by atoms with Gasteiger partial charge in [-0.3, -0.25) is 0 Å². The highest BCUT2D eigenvalue weighted by Crippen LogP contribution is 2.13. The van der Waals surface area contributed by atoms with E-state index in [0.717, 1.165) is 16.9 Å². The van der Waals surface area contributed by atoms with Crippen molar-refractivity contribution >= 4 is 15.9 Å². The van der Waals surface area contributed by atoms with Crippen molar-refractivity contribution in [1.82, 2.24) is 0 Å². The molecule has 0 saturated heterocycles. The molecule has 0 amide bonds. The number of rotatable bonds is 6. The van der Waals surface area contributed by atoms with E-state index < -0.39 is 9.84 Å². The van der Waals surface area contributed by atoms with Gasteiger partial charge in [0.15, 0.2) is 9.84 Å². The van der Waals surface area contributed by atoms with E-state index in [1.54, 1.807) is 25.3 Å². The van der Waals surface area contributed by atoms with E-state index in [9.17, 15) is 8.42 Å². The van der Waals surface area contributed by atoms with Crippen LogP contribution in [0.3, 0.4) is 0 Å². The maximum Gasteiger partial charge on any atom is 0.171 e. The summed E-state index contributed by atoms with van der Waals surface area (Å²) in [4.78, 5) is 0. The van der Waals surface area contributed by atoms with Gasteiger partial charge in [-0.25, -0.2) is 8.42 Å². The van der Waals surface area contributed by atoms with Crippen molar-refractivity contribution in [1.29, 1.82) is 0 Å². The van der Waals surface area contributed by atoms with Gasteiger partial charge in [-0.1, -0.05) is 42.5 Å². The fraction of sp³-hybridized carbons (Fsp3) is 0.176. The van der Waals surface area contributed by atoms with Crippen LogP contribution in [0.4, 0.5) is 0 Å². The largest absolute Gasteiger partial charge is 0.497 e. The molecule has 0 atom stereocenters. The number of aryl methyl sites for hydroxylation is 1. The molecule has 0 unspecified atom stereocenters. The lowest BCUT2D eigenvalue weighted by Crippen LogP contribution is -2.05. The molecule has 0 fully saturated rings. The van der Waals surface area contributed by atoms with Crippen molar-refractivity contribution < 1.29 is 13.2 Å². The summed E-state index contributed by atoms with van der Waals surface area (Å²) in [5.41, 5.74) is 1.86. The fourth-order valence-electron chi connectivity index (χ4n) is 1.87. The smallest absolute Gasteiger partial charge is 0.171 e. The zero-order valence-corrected chi connectivity index (χ0v) is 12.7. The standard InChI is InChI=1S/C17H18O3S/c1-20-17-9-7-16(8-10-17)12-14-21(18,19)13-11-15-5-3-2-4-6-15/h2-10,12,14H,11,13H2,1H3/b14-12+. The first kappa shape index (κ1) is 15.3. The van der Waals surface area contributed by atoms with Crippen LogP contribution in [-0.2, 0) is 16.3 Å². The highest BCUT2D eigenvalue weighted by Gasteiger charge is 2.06. The molecule has 0 radical (unpaired) electrons.